The van der Waals surface area contributed by atoms with E-state index in [-0.39, 0.29) is 24.3 Å². The molecule has 8 heteroatoms. The number of piperidine rings is 1. The molecule has 8 nitrogen and oxygen atoms in total. The molecule has 26 heavy (non-hydrogen) atoms. The number of carbonyl (C=O) groups excluding carboxylic acids is 3. The molecule has 1 aromatic carbocycles. The van der Waals surface area contributed by atoms with Crippen LogP contribution >= 0.6 is 0 Å². The van der Waals surface area contributed by atoms with E-state index in [9.17, 15) is 14.4 Å². The van der Waals surface area contributed by atoms with Crippen LogP contribution in [0.1, 0.15) is 28.8 Å². The Morgan fingerprint density at radius 1 is 1.23 bits per heavy atom. The van der Waals surface area contributed by atoms with Crippen molar-refractivity contribution in [3.63, 3.8) is 0 Å². The molecular weight excluding hydrogens is 334 g/mol. The molecule has 2 heterocycles. The molecule has 0 unspecified atom stereocenters. The second-order valence-electron chi connectivity index (χ2n) is 6.44. The molecule has 0 saturated carbocycles. The molecule has 3 rings (SSSR count). The van der Waals surface area contributed by atoms with Gasteiger partial charge in [-0.25, -0.2) is 0 Å². The molecule has 0 radical (unpaired) electrons. The summed E-state index contributed by atoms with van der Waals surface area (Å²) in [4.78, 5) is 38.5. The fourth-order valence-corrected chi connectivity index (χ4v) is 3.16. The number of nitrogens with one attached hydrogen (secondary N) is 3. The zero-order valence-corrected chi connectivity index (χ0v) is 14.3. The Morgan fingerprint density at radius 2 is 2.00 bits per heavy atom. The highest BCUT2D eigenvalue weighted by Gasteiger charge is 2.31. The van der Waals surface area contributed by atoms with E-state index in [4.69, 9.17) is 5.26 Å². The maximum atomic E-state index is 12.6. The fraction of sp³-hybridized carbons (Fsp3) is 0.444. The van der Waals surface area contributed by atoms with E-state index in [1.165, 1.54) is 0 Å². The summed E-state index contributed by atoms with van der Waals surface area (Å²) in [5.74, 6) is -0.612. The fourth-order valence-electron chi connectivity index (χ4n) is 3.16. The van der Waals surface area contributed by atoms with Crippen LogP contribution in [-0.4, -0.2) is 60.9 Å². The van der Waals surface area contributed by atoms with Crippen LogP contribution < -0.4 is 16.0 Å². The van der Waals surface area contributed by atoms with Crippen molar-refractivity contribution < 1.29 is 14.4 Å². The van der Waals surface area contributed by atoms with Gasteiger partial charge < -0.3 is 20.9 Å². The van der Waals surface area contributed by atoms with Gasteiger partial charge in [-0.3, -0.25) is 14.4 Å². The molecule has 2 atom stereocenters. The maximum absolute atomic E-state index is 12.6. The standard InChI is InChI=1S/C18H21N5O3/c19-10-12-3-5-13(6-4-12)18(26)23-9-8-20-15(11-23)17(25)22-14-2-1-7-21-16(14)24/h3-6,14-15,20H,1-2,7-9,11H2,(H,21,24)(H,22,25)/t14-,15-/m0/s1. The van der Waals surface area contributed by atoms with Crippen molar-refractivity contribution in [2.24, 2.45) is 0 Å². The maximum Gasteiger partial charge on any atom is 0.253 e. The summed E-state index contributed by atoms with van der Waals surface area (Å²) < 4.78 is 0. The van der Waals surface area contributed by atoms with Crippen LogP contribution in [0, 0.1) is 11.3 Å². The lowest BCUT2D eigenvalue weighted by Gasteiger charge is -2.34. The van der Waals surface area contributed by atoms with Crippen LogP contribution in [0.2, 0.25) is 0 Å². The van der Waals surface area contributed by atoms with Gasteiger partial charge in [0.05, 0.1) is 11.6 Å². The number of hydrogen-bond acceptors (Lipinski definition) is 5. The molecule has 3 N–H and O–H groups in total. The number of hydrogen-bond donors (Lipinski definition) is 3. The van der Waals surface area contributed by atoms with Gasteiger partial charge >= 0.3 is 0 Å². The Labute approximate surface area is 151 Å². The third-order valence-electron chi connectivity index (χ3n) is 4.64. The van der Waals surface area contributed by atoms with Crippen molar-refractivity contribution >= 4 is 17.7 Å². The largest absolute Gasteiger partial charge is 0.354 e. The molecule has 0 spiro atoms. The molecule has 0 bridgehead atoms. The number of amides is 3. The molecule has 2 saturated heterocycles. The highest BCUT2D eigenvalue weighted by atomic mass is 16.2. The van der Waals surface area contributed by atoms with Crippen molar-refractivity contribution in [1.82, 2.24) is 20.9 Å². The van der Waals surface area contributed by atoms with Crippen molar-refractivity contribution in [2.45, 2.75) is 24.9 Å². The summed E-state index contributed by atoms with van der Waals surface area (Å²) in [6.45, 7) is 1.86. The van der Waals surface area contributed by atoms with Gasteiger partial charge in [0.1, 0.15) is 12.1 Å². The number of benzene rings is 1. The van der Waals surface area contributed by atoms with E-state index in [0.29, 0.717) is 37.2 Å². The van der Waals surface area contributed by atoms with Gasteiger partial charge in [-0.1, -0.05) is 0 Å². The lowest BCUT2D eigenvalue weighted by Crippen LogP contribution is -2.61. The lowest BCUT2D eigenvalue weighted by molar-refractivity contribution is -0.131. The number of nitrogens with zero attached hydrogens (tertiary/aromatic N) is 2. The predicted molar refractivity (Wildman–Crippen MR) is 93.0 cm³/mol. The minimum atomic E-state index is -0.555. The average Bonchev–Trinajstić information content (AvgIpc) is 2.69. The Balaban J connectivity index is 1.61. The van der Waals surface area contributed by atoms with E-state index < -0.39 is 12.1 Å². The van der Waals surface area contributed by atoms with E-state index in [0.717, 1.165) is 6.42 Å². The minimum absolute atomic E-state index is 0.161. The van der Waals surface area contributed by atoms with Gasteiger partial charge in [-0.05, 0) is 37.1 Å². The molecular formula is C18H21N5O3. The van der Waals surface area contributed by atoms with Gasteiger partial charge in [-0.15, -0.1) is 0 Å². The van der Waals surface area contributed by atoms with E-state index in [2.05, 4.69) is 16.0 Å². The Bertz CT molecular complexity index is 740. The first-order valence-corrected chi connectivity index (χ1v) is 8.69. The van der Waals surface area contributed by atoms with Crippen LogP contribution in [0.4, 0.5) is 0 Å². The third kappa shape index (κ3) is 4.00. The Kier molecular flexibility index (Phi) is 5.49. The minimum Gasteiger partial charge on any atom is -0.354 e. The summed E-state index contributed by atoms with van der Waals surface area (Å²) >= 11 is 0. The Hall–Kier alpha value is -2.92. The molecule has 0 aromatic heterocycles. The normalized spacial score (nSPS) is 22.9. The van der Waals surface area contributed by atoms with E-state index in [1.807, 2.05) is 6.07 Å². The van der Waals surface area contributed by atoms with Gasteiger partial charge in [0, 0.05) is 31.7 Å². The lowest BCUT2D eigenvalue weighted by atomic mass is 10.1. The summed E-state index contributed by atoms with van der Waals surface area (Å²) in [5, 5.41) is 17.4. The van der Waals surface area contributed by atoms with Crippen molar-refractivity contribution in [3.05, 3.63) is 35.4 Å². The number of carbonyl (C=O) groups is 3. The molecule has 0 aliphatic carbocycles. The quantitative estimate of drug-likeness (QED) is 0.668. The molecule has 2 aliphatic rings. The third-order valence-corrected chi connectivity index (χ3v) is 4.64. The van der Waals surface area contributed by atoms with Crippen LogP contribution in [-0.2, 0) is 9.59 Å². The van der Waals surface area contributed by atoms with Gasteiger partial charge in [0.2, 0.25) is 11.8 Å². The monoisotopic (exact) mass is 355 g/mol. The topological polar surface area (TPSA) is 114 Å². The van der Waals surface area contributed by atoms with Gasteiger partial charge in [0.25, 0.3) is 5.91 Å². The summed E-state index contributed by atoms with van der Waals surface area (Å²) in [6.07, 6.45) is 1.45. The van der Waals surface area contributed by atoms with Crippen molar-refractivity contribution in [1.29, 1.82) is 5.26 Å². The Morgan fingerprint density at radius 3 is 2.69 bits per heavy atom. The molecule has 3 amide bonds. The van der Waals surface area contributed by atoms with Gasteiger partial charge in [0.15, 0.2) is 0 Å². The molecule has 136 valence electrons. The van der Waals surface area contributed by atoms with Crippen LogP contribution in [0.25, 0.3) is 0 Å². The first-order valence-electron chi connectivity index (χ1n) is 8.69. The molecule has 2 aliphatic heterocycles. The smallest absolute Gasteiger partial charge is 0.253 e. The van der Waals surface area contributed by atoms with Crippen LogP contribution in [0.3, 0.4) is 0 Å². The van der Waals surface area contributed by atoms with Crippen LogP contribution in [0.5, 0.6) is 0 Å². The summed E-state index contributed by atoms with van der Waals surface area (Å²) in [5.41, 5.74) is 0.974. The van der Waals surface area contributed by atoms with Crippen molar-refractivity contribution in [3.8, 4) is 6.07 Å². The van der Waals surface area contributed by atoms with Gasteiger partial charge in [-0.2, -0.15) is 5.26 Å². The average molecular weight is 355 g/mol. The predicted octanol–water partition coefficient (Wildman–Crippen LogP) is -0.633. The first kappa shape index (κ1) is 17.9. The summed E-state index contributed by atoms with van der Waals surface area (Å²) in [6, 6.07) is 7.38. The number of nitriles is 1. The zero-order chi connectivity index (χ0) is 18.5. The number of piperazine rings is 1. The number of rotatable bonds is 3. The second kappa shape index (κ2) is 7.97. The van der Waals surface area contributed by atoms with Crippen molar-refractivity contribution in [2.75, 3.05) is 26.2 Å². The van der Waals surface area contributed by atoms with E-state index in [1.54, 1.807) is 29.2 Å². The SMILES string of the molecule is N#Cc1ccc(C(=O)N2CCN[C@H](C(=O)N[C@H]3CCCNC3=O)C2)cc1. The molecule has 2 fully saturated rings. The zero-order valence-electron chi connectivity index (χ0n) is 14.3. The van der Waals surface area contributed by atoms with Crippen LogP contribution in [0.15, 0.2) is 24.3 Å². The van der Waals surface area contributed by atoms with E-state index >= 15 is 0 Å². The molecule has 1 aromatic rings. The summed E-state index contributed by atoms with van der Waals surface area (Å²) in [7, 11) is 0. The first-order chi connectivity index (χ1) is 12.6. The second-order valence-corrected chi connectivity index (χ2v) is 6.44. The highest BCUT2D eigenvalue weighted by Crippen LogP contribution is 2.10. The highest BCUT2D eigenvalue weighted by molar-refractivity contribution is 5.95.